The third-order valence-corrected chi connectivity index (χ3v) is 4.07. The number of hydrogen-bond donors (Lipinski definition) is 2. The van der Waals surface area contributed by atoms with E-state index in [1.165, 1.54) is 0 Å². The van der Waals surface area contributed by atoms with E-state index < -0.39 is 0 Å². The van der Waals surface area contributed by atoms with Gasteiger partial charge >= 0.3 is 0 Å². The van der Waals surface area contributed by atoms with Crippen molar-refractivity contribution in [1.82, 2.24) is 15.5 Å². The lowest BCUT2D eigenvalue weighted by molar-refractivity contribution is -0.130. The molecule has 6 nitrogen and oxygen atoms in total. The smallest absolute Gasteiger partial charge is 0.227 e. The molecule has 0 saturated carbocycles. The molecule has 2 aliphatic rings. The number of likely N-dealkylation sites (N-methyl/N-ethyl adjacent to an activating group) is 1. The van der Waals surface area contributed by atoms with Crippen molar-refractivity contribution < 1.29 is 14.3 Å². The van der Waals surface area contributed by atoms with Gasteiger partial charge < -0.3 is 20.3 Å². The highest BCUT2D eigenvalue weighted by Gasteiger charge is 2.34. The predicted octanol–water partition coefficient (Wildman–Crippen LogP) is -0.652. The van der Waals surface area contributed by atoms with Crippen molar-refractivity contribution in [2.45, 2.75) is 31.8 Å². The van der Waals surface area contributed by atoms with Crippen LogP contribution in [0.15, 0.2) is 0 Å². The first-order valence-electron chi connectivity index (χ1n) is 6.92. The van der Waals surface area contributed by atoms with Gasteiger partial charge in [0.1, 0.15) is 0 Å². The lowest BCUT2D eigenvalue weighted by Gasteiger charge is -2.32. The maximum absolute atomic E-state index is 12.2. The van der Waals surface area contributed by atoms with E-state index in [1.807, 2.05) is 11.9 Å². The summed E-state index contributed by atoms with van der Waals surface area (Å²) in [4.78, 5) is 25.3. The summed E-state index contributed by atoms with van der Waals surface area (Å²) in [5.41, 5.74) is 0. The number of nitrogens with one attached hydrogen (secondary N) is 2. The Labute approximate surface area is 113 Å². The fourth-order valence-electron chi connectivity index (χ4n) is 2.74. The lowest BCUT2D eigenvalue weighted by Crippen LogP contribution is -2.50. The van der Waals surface area contributed by atoms with E-state index in [2.05, 4.69) is 10.6 Å². The average molecular weight is 269 g/mol. The van der Waals surface area contributed by atoms with E-state index in [0.29, 0.717) is 13.2 Å². The molecule has 2 saturated heterocycles. The summed E-state index contributed by atoms with van der Waals surface area (Å²) < 4.78 is 5.34. The van der Waals surface area contributed by atoms with Gasteiger partial charge in [0.05, 0.1) is 19.1 Å². The van der Waals surface area contributed by atoms with Gasteiger partial charge in [-0.25, -0.2) is 0 Å². The van der Waals surface area contributed by atoms with Gasteiger partial charge in [-0.2, -0.15) is 0 Å². The van der Waals surface area contributed by atoms with Crippen LogP contribution in [0.5, 0.6) is 0 Å². The minimum absolute atomic E-state index is 0.0677. The molecule has 2 amide bonds. The maximum atomic E-state index is 12.2. The molecule has 0 bridgehead atoms. The summed E-state index contributed by atoms with van der Waals surface area (Å²) in [5.74, 6) is 0.0816. The zero-order chi connectivity index (χ0) is 13.8. The third kappa shape index (κ3) is 3.45. The van der Waals surface area contributed by atoms with Gasteiger partial charge in [0.15, 0.2) is 0 Å². The summed E-state index contributed by atoms with van der Waals surface area (Å²) in [6.45, 7) is 4.14. The van der Waals surface area contributed by atoms with Crippen molar-refractivity contribution >= 4 is 11.8 Å². The van der Waals surface area contributed by atoms with Gasteiger partial charge in [-0.3, -0.25) is 9.59 Å². The van der Waals surface area contributed by atoms with Gasteiger partial charge in [-0.1, -0.05) is 0 Å². The fraction of sp³-hybridized carbons (Fsp3) is 0.846. The molecule has 0 radical (unpaired) electrons. The summed E-state index contributed by atoms with van der Waals surface area (Å²) in [6.07, 6.45) is 1.67. The van der Waals surface area contributed by atoms with Crippen LogP contribution < -0.4 is 10.6 Å². The summed E-state index contributed by atoms with van der Waals surface area (Å²) in [6, 6.07) is 0.290. The van der Waals surface area contributed by atoms with Crippen molar-refractivity contribution in [2.24, 2.45) is 5.92 Å². The van der Waals surface area contributed by atoms with Crippen LogP contribution in [0.1, 0.15) is 19.8 Å². The quantitative estimate of drug-likeness (QED) is 0.714. The number of piperidine rings is 1. The molecule has 0 spiro atoms. The largest absolute Gasteiger partial charge is 0.379 e. The van der Waals surface area contributed by atoms with Crippen molar-refractivity contribution in [3.8, 4) is 0 Å². The topological polar surface area (TPSA) is 70.7 Å². The first kappa shape index (κ1) is 14.3. The SMILES string of the molecule is CNC1COCC1C(=O)NC1CCN(C(C)=O)CC1. The molecule has 2 fully saturated rings. The molecule has 2 unspecified atom stereocenters. The highest BCUT2D eigenvalue weighted by Crippen LogP contribution is 2.16. The van der Waals surface area contributed by atoms with Gasteiger partial charge in [0.2, 0.25) is 11.8 Å². The zero-order valence-electron chi connectivity index (χ0n) is 11.6. The Morgan fingerprint density at radius 2 is 1.89 bits per heavy atom. The molecular formula is C13H23N3O3. The highest BCUT2D eigenvalue weighted by molar-refractivity contribution is 5.80. The van der Waals surface area contributed by atoms with Crippen LogP contribution in [0, 0.1) is 5.92 Å². The number of ether oxygens (including phenoxy) is 1. The minimum Gasteiger partial charge on any atom is -0.379 e. The number of carbonyl (C=O) groups is 2. The number of nitrogens with zero attached hydrogens (tertiary/aromatic N) is 1. The molecule has 0 aromatic heterocycles. The van der Waals surface area contributed by atoms with Crippen LogP contribution in [0.3, 0.4) is 0 Å². The predicted molar refractivity (Wildman–Crippen MR) is 70.6 cm³/mol. The van der Waals surface area contributed by atoms with Crippen LogP contribution in [-0.4, -0.2) is 62.1 Å². The molecular weight excluding hydrogens is 246 g/mol. The van der Waals surface area contributed by atoms with E-state index in [1.54, 1.807) is 6.92 Å². The lowest BCUT2D eigenvalue weighted by atomic mass is 10.00. The van der Waals surface area contributed by atoms with E-state index >= 15 is 0 Å². The Morgan fingerprint density at radius 1 is 1.21 bits per heavy atom. The standard InChI is InChI=1S/C13H23N3O3/c1-9(17)16-5-3-10(4-6-16)15-13(18)11-7-19-8-12(11)14-2/h10-12,14H,3-8H2,1-2H3,(H,15,18). The van der Waals surface area contributed by atoms with E-state index in [4.69, 9.17) is 4.74 Å². The first-order valence-corrected chi connectivity index (χ1v) is 6.92. The molecule has 108 valence electrons. The van der Waals surface area contributed by atoms with Gasteiger partial charge in [-0.15, -0.1) is 0 Å². The van der Waals surface area contributed by atoms with Crippen LogP contribution in [0.4, 0.5) is 0 Å². The summed E-state index contributed by atoms with van der Waals surface area (Å²) in [7, 11) is 1.85. The molecule has 19 heavy (non-hydrogen) atoms. The summed E-state index contributed by atoms with van der Waals surface area (Å²) >= 11 is 0. The van der Waals surface area contributed by atoms with Crippen molar-refractivity contribution in [3.63, 3.8) is 0 Å². The van der Waals surface area contributed by atoms with Crippen molar-refractivity contribution in [3.05, 3.63) is 0 Å². The van der Waals surface area contributed by atoms with Crippen LogP contribution in [0.2, 0.25) is 0 Å². The number of rotatable bonds is 3. The molecule has 2 rings (SSSR count). The Bertz CT molecular complexity index is 340. The van der Waals surface area contributed by atoms with E-state index in [-0.39, 0.29) is 29.8 Å². The van der Waals surface area contributed by atoms with Crippen LogP contribution in [-0.2, 0) is 14.3 Å². The molecule has 0 aliphatic carbocycles. The van der Waals surface area contributed by atoms with Crippen LogP contribution in [0.25, 0.3) is 0 Å². The monoisotopic (exact) mass is 269 g/mol. The normalized spacial score (nSPS) is 28.4. The van der Waals surface area contributed by atoms with E-state index in [0.717, 1.165) is 25.9 Å². The molecule has 0 aromatic rings. The highest BCUT2D eigenvalue weighted by atomic mass is 16.5. The molecule has 2 atom stereocenters. The second kappa shape index (κ2) is 6.34. The Balaban J connectivity index is 1.79. The third-order valence-electron chi connectivity index (χ3n) is 4.07. The number of hydrogen-bond acceptors (Lipinski definition) is 4. The maximum Gasteiger partial charge on any atom is 0.227 e. The Morgan fingerprint density at radius 3 is 2.47 bits per heavy atom. The number of likely N-dealkylation sites (tertiary alicyclic amines) is 1. The first-order chi connectivity index (χ1) is 9.11. The van der Waals surface area contributed by atoms with Gasteiger partial charge in [0.25, 0.3) is 0 Å². The van der Waals surface area contributed by atoms with Gasteiger partial charge in [-0.05, 0) is 19.9 Å². The Kier molecular flexibility index (Phi) is 4.76. The van der Waals surface area contributed by atoms with E-state index in [9.17, 15) is 9.59 Å². The molecule has 6 heteroatoms. The fourth-order valence-corrected chi connectivity index (χ4v) is 2.74. The van der Waals surface area contributed by atoms with Crippen molar-refractivity contribution in [1.29, 1.82) is 0 Å². The molecule has 2 aliphatic heterocycles. The number of amides is 2. The van der Waals surface area contributed by atoms with Crippen molar-refractivity contribution in [2.75, 3.05) is 33.4 Å². The minimum atomic E-state index is -0.101. The molecule has 0 aromatic carbocycles. The second-order valence-corrected chi connectivity index (χ2v) is 5.33. The zero-order valence-corrected chi connectivity index (χ0v) is 11.6. The average Bonchev–Trinajstić information content (AvgIpc) is 2.87. The van der Waals surface area contributed by atoms with Crippen LogP contribution >= 0.6 is 0 Å². The summed E-state index contributed by atoms with van der Waals surface area (Å²) in [5, 5.41) is 6.20. The van der Waals surface area contributed by atoms with Gasteiger partial charge in [0, 0.05) is 32.1 Å². The Hall–Kier alpha value is -1.14. The number of carbonyl (C=O) groups excluding carboxylic acids is 2. The molecule has 2 heterocycles. The molecule has 2 N–H and O–H groups in total. The second-order valence-electron chi connectivity index (χ2n) is 5.33.